The van der Waals surface area contributed by atoms with Crippen LogP contribution in [0.15, 0.2) is 16.7 Å². The SMILES string of the molecule is COC(=O)c1occc1CNC1CCOC1C. The zero-order valence-corrected chi connectivity index (χ0v) is 10.1. The summed E-state index contributed by atoms with van der Waals surface area (Å²) in [6.45, 7) is 3.41. The van der Waals surface area contributed by atoms with Crippen LogP contribution >= 0.6 is 0 Å². The van der Waals surface area contributed by atoms with Gasteiger partial charge in [-0.15, -0.1) is 0 Å². The maximum atomic E-state index is 11.4. The molecule has 5 heteroatoms. The Hall–Kier alpha value is -1.33. The van der Waals surface area contributed by atoms with Crippen molar-refractivity contribution in [3.8, 4) is 0 Å². The van der Waals surface area contributed by atoms with Crippen LogP contribution < -0.4 is 5.32 Å². The Morgan fingerprint density at radius 1 is 1.65 bits per heavy atom. The van der Waals surface area contributed by atoms with Crippen molar-refractivity contribution in [1.82, 2.24) is 5.32 Å². The van der Waals surface area contributed by atoms with Crippen molar-refractivity contribution < 1.29 is 18.7 Å². The molecule has 0 spiro atoms. The highest BCUT2D eigenvalue weighted by Crippen LogP contribution is 2.16. The monoisotopic (exact) mass is 239 g/mol. The molecule has 0 amide bonds. The number of hydrogen-bond donors (Lipinski definition) is 1. The van der Waals surface area contributed by atoms with Crippen molar-refractivity contribution in [2.24, 2.45) is 0 Å². The normalized spacial score (nSPS) is 23.9. The summed E-state index contributed by atoms with van der Waals surface area (Å²) in [4.78, 5) is 11.4. The van der Waals surface area contributed by atoms with Crippen LogP contribution in [0.25, 0.3) is 0 Å². The zero-order chi connectivity index (χ0) is 12.3. The number of carbonyl (C=O) groups is 1. The lowest BCUT2D eigenvalue weighted by Gasteiger charge is -2.15. The Balaban J connectivity index is 1.95. The van der Waals surface area contributed by atoms with Gasteiger partial charge in [0.1, 0.15) is 0 Å². The largest absolute Gasteiger partial charge is 0.463 e. The fraction of sp³-hybridized carbons (Fsp3) is 0.583. The smallest absolute Gasteiger partial charge is 0.374 e. The molecule has 0 bridgehead atoms. The molecule has 0 aliphatic carbocycles. The molecule has 2 atom stereocenters. The fourth-order valence-corrected chi connectivity index (χ4v) is 1.99. The Labute approximate surface area is 100 Å². The molecule has 1 aromatic heterocycles. The second-order valence-corrected chi connectivity index (χ2v) is 4.12. The van der Waals surface area contributed by atoms with Crippen LogP contribution in [0.1, 0.15) is 29.5 Å². The first-order valence-corrected chi connectivity index (χ1v) is 5.72. The van der Waals surface area contributed by atoms with Crippen molar-refractivity contribution in [3.63, 3.8) is 0 Å². The van der Waals surface area contributed by atoms with Crippen LogP contribution in [0.2, 0.25) is 0 Å². The van der Waals surface area contributed by atoms with Crippen LogP contribution in [0.5, 0.6) is 0 Å². The molecule has 5 nitrogen and oxygen atoms in total. The maximum Gasteiger partial charge on any atom is 0.374 e. The van der Waals surface area contributed by atoms with Gasteiger partial charge >= 0.3 is 5.97 Å². The number of nitrogens with one attached hydrogen (secondary N) is 1. The number of hydrogen-bond acceptors (Lipinski definition) is 5. The summed E-state index contributed by atoms with van der Waals surface area (Å²) in [5.41, 5.74) is 0.816. The molecule has 17 heavy (non-hydrogen) atoms. The van der Waals surface area contributed by atoms with E-state index in [1.54, 1.807) is 6.07 Å². The van der Waals surface area contributed by atoms with E-state index >= 15 is 0 Å². The van der Waals surface area contributed by atoms with Gasteiger partial charge in [0.2, 0.25) is 5.76 Å². The van der Waals surface area contributed by atoms with E-state index in [0.717, 1.165) is 18.6 Å². The average Bonchev–Trinajstić information content (AvgIpc) is 2.94. The van der Waals surface area contributed by atoms with E-state index in [4.69, 9.17) is 9.15 Å². The van der Waals surface area contributed by atoms with Gasteiger partial charge in [0.05, 0.1) is 19.5 Å². The van der Waals surface area contributed by atoms with Gasteiger partial charge in [-0.2, -0.15) is 0 Å². The molecule has 1 aromatic rings. The summed E-state index contributed by atoms with van der Waals surface area (Å²) in [5, 5.41) is 3.36. The number of esters is 1. The molecule has 0 aromatic carbocycles. The van der Waals surface area contributed by atoms with Crippen LogP contribution in [0, 0.1) is 0 Å². The Kier molecular flexibility index (Phi) is 3.81. The summed E-state index contributed by atoms with van der Waals surface area (Å²) in [6, 6.07) is 2.11. The van der Waals surface area contributed by atoms with Gasteiger partial charge in [-0.25, -0.2) is 4.79 Å². The van der Waals surface area contributed by atoms with Gasteiger partial charge < -0.3 is 19.2 Å². The van der Waals surface area contributed by atoms with Gasteiger partial charge in [0.15, 0.2) is 0 Å². The highest BCUT2D eigenvalue weighted by molar-refractivity contribution is 5.87. The molecule has 1 aliphatic heterocycles. The molecule has 1 aliphatic rings. The van der Waals surface area contributed by atoms with Crippen LogP contribution in [0.3, 0.4) is 0 Å². The predicted molar refractivity (Wildman–Crippen MR) is 60.7 cm³/mol. The summed E-state index contributed by atoms with van der Waals surface area (Å²) < 4.78 is 15.2. The maximum absolute atomic E-state index is 11.4. The minimum atomic E-state index is -0.442. The molecular weight excluding hydrogens is 222 g/mol. The van der Waals surface area contributed by atoms with Crippen molar-refractivity contribution in [2.75, 3.05) is 13.7 Å². The molecule has 1 saturated heterocycles. The van der Waals surface area contributed by atoms with Crippen molar-refractivity contribution >= 4 is 5.97 Å². The molecule has 2 heterocycles. The second-order valence-electron chi connectivity index (χ2n) is 4.12. The minimum Gasteiger partial charge on any atom is -0.463 e. The van der Waals surface area contributed by atoms with E-state index in [0.29, 0.717) is 12.6 Å². The van der Waals surface area contributed by atoms with Crippen molar-refractivity contribution in [3.05, 3.63) is 23.7 Å². The van der Waals surface area contributed by atoms with Crippen molar-refractivity contribution in [1.29, 1.82) is 0 Å². The molecule has 1 fully saturated rings. The summed E-state index contributed by atoms with van der Waals surface area (Å²) >= 11 is 0. The molecule has 94 valence electrons. The molecule has 1 N–H and O–H groups in total. The molecular formula is C12H17NO4. The second kappa shape index (κ2) is 5.33. The third kappa shape index (κ3) is 2.68. The molecule has 0 radical (unpaired) electrons. The Bertz CT molecular complexity index is 388. The van der Waals surface area contributed by atoms with Gasteiger partial charge in [0.25, 0.3) is 0 Å². The number of furan rings is 1. The zero-order valence-electron chi connectivity index (χ0n) is 10.1. The molecule has 2 rings (SSSR count). The van der Waals surface area contributed by atoms with E-state index < -0.39 is 5.97 Å². The third-order valence-electron chi connectivity index (χ3n) is 3.05. The van der Waals surface area contributed by atoms with Crippen LogP contribution in [0.4, 0.5) is 0 Å². The lowest BCUT2D eigenvalue weighted by molar-refractivity contribution is 0.0563. The number of carbonyl (C=O) groups excluding carboxylic acids is 1. The lowest BCUT2D eigenvalue weighted by atomic mass is 10.1. The quantitative estimate of drug-likeness (QED) is 0.803. The standard InChI is InChI=1S/C12H17NO4/c1-8-10(4-6-16-8)13-7-9-3-5-17-11(9)12(14)15-2/h3,5,8,10,13H,4,6-7H2,1-2H3. The van der Waals surface area contributed by atoms with E-state index in [1.807, 2.05) is 6.92 Å². The first kappa shape index (κ1) is 12.1. The fourth-order valence-electron chi connectivity index (χ4n) is 1.99. The van der Waals surface area contributed by atoms with E-state index in [9.17, 15) is 4.79 Å². The van der Waals surface area contributed by atoms with Crippen LogP contribution in [-0.4, -0.2) is 31.8 Å². The number of methoxy groups -OCH3 is 1. The average molecular weight is 239 g/mol. The number of ether oxygens (including phenoxy) is 2. The highest BCUT2D eigenvalue weighted by atomic mass is 16.5. The first-order valence-electron chi connectivity index (χ1n) is 5.72. The lowest BCUT2D eigenvalue weighted by Crippen LogP contribution is -2.34. The van der Waals surface area contributed by atoms with E-state index in [1.165, 1.54) is 13.4 Å². The summed E-state index contributed by atoms with van der Waals surface area (Å²) in [7, 11) is 1.34. The summed E-state index contributed by atoms with van der Waals surface area (Å²) in [5.74, 6) is -0.172. The number of rotatable bonds is 4. The molecule has 2 unspecified atom stereocenters. The Morgan fingerprint density at radius 2 is 2.47 bits per heavy atom. The first-order chi connectivity index (χ1) is 8.22. The highest BCUT2D eigenvalue weighted by Gasteiger charge is 2.24. The minimum absolute atomic E-state index is 0.212. The van der Waals surface area contributed by atoms with Gasteiger partial charge in [0, 0.05) is 24.8 Å². The van der Waals surface area contributed by atoms with Gasteiger partial charge in [-0.05, 0) is 19.4 Å². The Morgan fingerprint density at radius 3 is 3.12 bits per heavy atom. The van der Waals surface area contributed by atoms with E-state index in [-0.39, 0.29) is 11.9 Å². The van der Waals surface area contributed by atoms with E-state index in [2.05, 4.69) is 10.1 Å². The van der Waals surface area contributed by atoms with Gasteiger partial charge in [-0.3, -0.25) is 0 Å². The molecule has 0 saturated carbocycles. The topological polar surface area (TPSA) is 60.7 Å². The van der Waals surface area contributed by atoms with Crippen LogP contribution in [-0.2, 0) is 16.0 Å². The van der Waals surface area contributed by atoms with Crippen molar-refractivity contribution in [2.45, 2.75) is 32.0 Å². The summed E-state index contributed by atoms with van der Waals surface area (Å²) in [6.07, 6.45) is 2.70. The van der Waals surface area contributed by atoms with Gasteiger partial charge in [-0.1, -0.05) is 0 Å². The third-order valence-corrected chi connectivity index (χ3v) is 3.05. The predicted octanol–water partition coefficient (Wildman–Crippen LogP) is 1.33.